The molecule has 3 aliphatic carbocycles. The second-order valence-corrected chi connectivity index (χ2v) is 8.16. The summed E-state index contributed by atoms with van der Waals surface area (Å²) in [5, 5.41) is 6.91. The van der Waals surface area contributed by atoms with Gasteiger partial charge in [0.1, 0.15) is 0 Å². The lowest BCUT2D eigenvalue weighted by Gasteiger charge is -2.30. The Morgan fingerprint density at radius 1 is 0.739 bits per heavy atom. The number of hydrogen-bond donors (Lipinski definition) is 2. The number of nitrogens with one attached hydrogen (secondary N) is 2. The maximum Gasteiger partial charge on any atom is 0.0322 e. The second kappa shape index (κ2) is 7.98. The summed E-state index contributed by atoms with van der Waals surface area (Å²) in [7, 11) is 4.19. The first-order valence-corrected chi connectivity index (χ1v) is 10.0. The quantitative estimate of drug-likeness (QED) is 0.757. The first-order chi connectivity index (χ1) is 11.3. The van der Waals surface area contributed by atoms with Crippen molar-refractivity contribution in [3.05, 3.63) is 23.3 Å². The molecular formula is C21H36N2. The van der Waals surface area contributed by atoms with Crippen molar-refractivity contribution in [2.24, 2.45) is 17.3 Å². The summed E-state index contributed by atoms with van der Waals surface area (Å²) < 4.78 is 0. The third-order valence-corrected chi connectivity index (χ3v) is 6.32. The van der Waals surface area contributed by atoms with Crippen molar-refractivity contribution in [3.63, 3.8) is 0 Å². The lowest BCUT2D eigenvalue weighted by atomic mass is 9.75. The zero-order valence-corrected chi connectivity index (χ0v) is 15.3. The average molecular weight is 317 g/mol. The lowest BCUT2D eigenvalue weighted by Crippen LogP contribution is -2.36. The Bertz CT molecular complexity index is 395. The van der Waals surface area contributed by atoms with Gasteiger partial charge in [0.2, 0.25) is 0 Å². The fourth-order valence-corrected chi connectivity index (χ4v) is 5.29. The van der Waals surface area contributed by atoms with Gasteiger partial charge in [-0.2, -0.15) is 0 Å². The first kappa shape index (κ1) is 17.2. The molecule has 23 heavy (non-hydrogen) atoms. The van der Waals surface area contributed by atoms with Gasteiger partial charge in [0.05, 0.1) is 0 Å². The molecule has 2 heteroatoms. The van der Waals surface area contributed by atoms with Gasteiger partial charge in [-0.1, -0.05) is 50.7 Å². The van der Waals surface area contributed by atoms with E-state index in [9.17, 15) is 0 Å². The highest BCUT2D eigenvalue weighted by atomic mass is 14.9. The zero-order valence-electron chi connectivity index (χ0n) is 15.3. The molecule has 0 spiro atoms. The molecule has 0 heterocycles. The van der Waals surface area contributed by atoms with Crippen molar-refractivity contribution >= 4 is 0 Å². The highest BCUT2D eigenvalue weighted by molar-refractivity contribution is 5.46. The van der Waals surface area contributed by atoms with Gasteiger partial charge in [0.15, 0.2) is 0 Å². The third-order valence-electron chi connectivity index (χ3n) is 6.32. The van der Waals surface area contributed by atoms with E-state index in [2.05, 4.69) is 36.9 Å². The van der Waals surface area contributed by atoms with Crippen molar-refractivity contribution in [2.45, 2.75) is 64.2 Å². The monoisotopic (exact) mass is 316 g/mol. The van der Waals surface area contributed by atoms with E-state index < -0.39 is 0 Å². The van der Waals surface area contributed by atoms with Crippen LogP contribution in [-0.4, -0.2) is 27.2 Å². The molecule has 130 valence electrons. The summed E-state index contributed by atoms with van der Waals surface area (Å²) in [5.74, 6) is 1.68. The van der Waals surface area contributed by atoms with Crippen LogP contribution in [0.1, 0.15) is 64.2 Å². The average Bonchev–Trinajstić information content (AvgIpc) is 2.97. The number of allylic oxidation sites excluding steroid dienone is 2. The molecule has 0 amide bonds. The van der Waals surface area contributed by atoms with Crippen LogP contribution in [0, 0.1) is 17.3 Å². The van der Waals surface area contributed by atoms with E-state index in [4.69, 9.17) is 0 Å². The van der Waals surface area contributed by atoms with Crippen LogP contribution >= 0.6 is 0 Å². The van der Waals surface area contributed by atoms with E-state index in [0.29, 0.717) is 0 Å². The summed E-state index contributed by atoms with van der Waals surface area (Å²) in [5.41, 5.74) is 3.70. The summed E-state index contributed by atoms with van der Waals surface area (Å²) in [4.78, 5) is 0. The van der Waals surface area contributed by atoms with Gasteiger partial charge in [0.25, 0.3) is 0 Å². The number of hydrogen-bond acceptors (Lipinski definition) is 2. The van der Waals surface area contributed by atoms with E-state index in [1.807, 2.05) is 0 Å². The van der Waals surface area contributed by atoms with Crippen LogP contribution in [0.15, 0.2) is 23.3 Å². The predicted octanol–water partition coefficient (Wildman–Crippen LogP) is 4.44. The Labute approximate surface area is 143 Å². The van der Waals surface area contributed by atoms with E-state index in [1.54, 1.807) is 11.1 Å². The van der Waals surface area contributed by atoms with Crippen LogP contribution in [0.3, 0.4) is 0 Å². The molecule has 2 fully saturated rings. The van der Waals surface area contributed by atoms with Crippen molar-refractivity contribution in [1.29, 1.82) is 0 Å². The van der Waals surface area contributed by atoms with E-state index >= 15 is 0 Å². The summed E-state index contributed by atoms with van der Waals surface area (Å²) in [6.45, 7) is 2.11. The Balaban J connectivity index is 1.88. The molecule has 0 aromatic carbocycles. The second-order valence-electron chi connectivity index (χ2n) is 8.16. The Morgan fingerprint density at radius 2 is 1.13 bits per heavy atom. The molecule has 0 bridgehead atoms. The van der Waals surface area contributed by atoms with Crippen LogP contribution in [0.25, 0.3) is 0 Å². The molecular weight excluding hydrogens is 280 g/mol. The summed E-state index contributed by atoms with van der Waals surface area (Å²) in [6, 6.07) is 0. The highest BCUT2D eigenvalue weighted by Crippen LogP contribution is 2.47. The molecule has 3 aliphatic rings. The van der Waals surface area contributed by atoms with Crippen LogP contribution in [0.4, 0.5) is 0 Å². The molecule has 0 atom stereocenters. The lowest BCUT2D eigenvalue weighted by molar-refractivity contribution is 0.376. The van der Waals surface area contributed by atoms with Crippen molar-refractivity contribution < 1.29 is 0 Å². The molecule has 0 aromatic rings. The Kier molecular flexibility index (Phi) is 5.98. The minimum absolute atomic E-state index is 0.197. The largest absolute Gasteiger partial charge is 0.319 e. The minimum Gasteiger partial charge on any atom is -0.319 e. The predicted molar refractivity (Wildman–Crippen MR) is 99.6 cm³/mol. The van der Waals surface area contributed by atoms with Gasteiger partial charge < -0.3 is 10.6 Å². The minimum atomic E-state index is 0.197. The molecule has 2 saturated carbocycles. The van der Waals surface area contributed by atoms with Crippen LogP contribution < -0.4 is 10.6 Å². The van der Waals surface area contributed by atoms with E-state index in [0.717, 1.165) is 24.9 Å². The summed E-state index contributed by atoms with van der Waals surface area (Å²) in [6.07, 6.45) is 19.7. The number of rotatable bonds is 6. The maximum absolute atomic E-state index is 3.45. The van der Waals surface area contributed by atoms with Crippen molar-refractivity contribution in [3.8, 4) is 0 Å². The van der Waals surface area contributed by atoms with Gasteiger partial charge in [-0.3, -0.25) is 0 Å². The zero-order chi connectivity index (χ0) is 16.1. The van der Waals surface area contributed by atoms with Crippen LogP contribution in [0.5, 0.6) is 0 Å². The van der Waals surface area contributed by atoms with Gasteiger partial charge in [0, 0.05) is 18.5 Å². The van der Waals surface area contributed by atoms with Gasteiger partial charge >= 0.3 is 0 Å². The van der Waals surface area contributed by atoms with Crippen LogP contribution in [-0.2, 0) is 0 Å². The van der Waals surface area contributed by atoms with Gasteiger partial charge in [-0.05, 0) is 62.8 Å². The Morgan fingerprint density at radius 3 is 1.48 bits per heavy atom. The van der Waals surface area contributed by atoms with Crippen molar-refractivity contribution in [1.82, 2.24) is 10.6 Å². The molecule has 0 saturated heterocycles. The normalized spacial score (nSPS) is 26.2. The fourth-order valence-electron chi connectivity index (χ4n) is 5.29. The Hall–Kier alpha value is -0.600. The molecule has 0 aliphatic heterocycles. The van der Waals surface area contributed by atoms with Crippen LogP contribution in [0.2, 0.25) is 0 Å². The maximum atomic E-state index is 3.45. The highest BCUT2D eigenvalue weighted by Gasteiger charge is 2.37. The first-order valence-electron chi connectivity index (χ1n) is 10.0. The van der Waals surface area contributed by atoms with Gasteiger partial charge in [-0.15, -0.1) is 0 Å². The standard InChI is InChI=1S/C21H36N2/c1-22-15-21(16-23-2)13-19(17-9-5-3-6-10-17)20(14-21)18-11-7-4-8-12-18/h13-14,17-18,22-23H,3-12,15-16H2,1-2H3. The van der Waals surface area contributed by atoms with Crippen molar-refractivity contribution in [2.75, 3.05) is 27.2 Å². The molecule has 2 nitrogen and oxygen atoms in total. The summed E-state index contributed by atoms with van der Waals surface area (Å²) >= 11 is 0. The molecule has 0 aromatic heterocycles. The fraction of sp³-hybridized carbons (Fsp3) is 0.810. The third kappa shape index (κ3) is 3.91. The molecule has 0 radical (unpaired) electrons. The molecule has 3 rings (SSSR count). The van der Waals surface area contributed by atoms with E-state index in [-0.39, 0.29) is 5.41 Å². The van der Waals surface area contributed by atoms with E-state index in [1.165, 1.54) is 64.2 Å². The molecule has 0 unspecified atom stereocenters. The smallest absolute Gasteiger partial charge is 0.0322 e. The SMILES string of the molecule is CNCC1(CNC)C=C(C2CCCCC2)C(C2CCCCC2)=C1. The topological polar surface area (TPSA) is 24.1 Å². The molecule has 2 N–H and O–H groups in total. The van der Waals surface area contributed by atoms with Gasteiger partial charge in [-0.25, -0.2) is 0 Å².